The van der Waals surface area contributed by atoms with Gasteiger partial charge in [-0.25, -0.2) is 0 Å². The number of nitrogens with one attached hydrogen (secondary N) is 1. The second kappa shape index (κ2) is 8.02. The molecule has 1 aromatic heterocycles. The first-order valence-electron chi connectivity index (χ1n) is 5.46. The van der Waals surface area contributed by atoms with Gasteiger partial charge in [0.1, 0.15) is 0 Å². The Labute approximate surface area is 92.1 Å². The number of aromatic nitrogens is 1. The summed E-state index contributed by atoms with van der Waals surface area (Å²) in [4.78, 5) is 4.07. The molecule has 2 nitrogen and oxygen atoms in total. The van der Waals surface area contributed by atoms with Crippen LogP contribution in [0.4, 0.5) is 0 Å². The second-order valence-corrected chi connectivity index (χ2v) is 3.52. The predicted octanol–water partition coefficient (Wildman–Crippen LogP) is 2.02. The lowest BCUT2D eigenvalue weighted by atomic mass is 10.2. The lowest BCUT2D eigenvalue weighted by Crippen LogP contribution is -2.18. The van der Waals surface area contributed by atoms with Crippen molar-refractivity contribution >= 4 is 0 Å². The third-order valence-electron chi connectivity index (χ3n) is 2.24. The molecule has 1 aromatic rings. The fourth-order valence-corrected chi connectivity index (χ4v) is 1.38. The molecule has 2 heteroatoms. The summed E-state index contributed by atoms with van der Waals surface area (Å²) in [5, 5.41) is 3.40. The summed E-state index contributed by atoms with van der Waals surface area (Å²) < 4.78 is 0. The molecule has 0 aliphatic heterocycles. The minimum atomic E-state index is 0.893. The zero-order chi connectivity index (χ0) is 10.8. The highest BCUT2D eigenvalue weighted by Gasteiger charge is 1.91. The zero-order valence-electron chi connectivity index (χ0n) is 9.08. The van der Waals surface area contributed by atoms with Crippen molar-refractivity contribution in [1.82, 2.24) is 10.3 Å². The summed E-state index contributed by atoms with van der Waals surface area (Å²) in [7, 11) is 0. The summed E-state index contributed by atoms with van der Waals surface area (Å²) >= 11 is 0. The van der Waals surface area contributed by atoms with Crippen molar-refractivity contribution in [2.45, 2.75) is 25.7 Å². The Kier molecular flexibility index (Phi) is 6.28. The summed E-state index contributed by atoms with van der Waals surface area (Å²) in [5.74, 6) is 2.65. The Balaban J connectivity index is 1.96. The monoisotopic (exact) mass is 202 g/mol. The first-order valence-corrected chi connectivity index (χ1v) is 5.46. The van der Waals surface area contributed by atoms with Gasteiger partial charge in [0.25, 0.3) is 0 Å². The molecule has 1 heterocycles. The second-order valence-electron chi connectivity index (χ2n) is 3.52. The van der Waals surface area contributed by atoms with Crippen LogP contribution in [0.15, 0.2) is 24.5 Å². The molecular formula is C13H18N2. The Morgan fingerprint density at radius 1 is 1.33 bits per heavy atom. The van der Waals surface area contributed by atoms with Gasteiger partial charge >= 0.3 is 0 Å². The highest BCUT2D eigenvalue weighted by Crippen LogP contribution is 1.96. The van der Waals surface area contributed by atoms with E-state index in [2.05, 4.69) is 22.3 Å². The maximum Gasteiger partial charge on any atom is 0.0300 e. The third-order valence-corrected chi connectivity index (χ3v) is 2.24. The van der Waals surface area contributed by atoms with Crippen LogP contribution in [0.3, 0.4) is 0 Å². The van der Waals surface area contributed by atoms with Crippen molar-refractivity contribution in [3.8, 4) is 12.3 Å². The largest absolute Gasteiger partial charge is 0.316 e. The molecule has 15 heavy (non-hydrogen) atoms. The molecule has 0 saturated carbocycles. The van der Waals surface area contributed by atoms with Gasteiger partial charge in [-0.15, -0.1) is 12.3 Å². The van der Waals surface area contributed by atoms with Gasteiger partial charge in [-0.2, -0.15) is 0 Å². The Morgan fingerprint density at radius 3 is 3.00 bits per heavy atom. The van der Waals surface area contributed by atoms with Crippen LogP contribution in [-0.4, -0.2) is 18.1 Å². The standard InChI is InChI=1S/C13H18N2/c1-2-3-4-5-9-14-11-8-13-7-6-10-15-12-13/h1,6-7,10,12,14H,3-5,8-9,11H2. The Bertz CT molecular complexity index is 287. The van der Waals surface area contributed by atoms with Crippen molar-refractivity contribution < 1.29 is 0 Å². The van der Waals surface area contributed by atoms with E-state index in [0.717, 1.165) is 38.8 Å². The average Bonchev–Trinajstić information content (AvgIpc) is 2.29. The van der Waals surface area contributed by atoms with Crippen LogP contribution in [0.1, 0.15) is 24.8 Å². The highest BCUT2D eigenvalue weighted by molar-refractivity contribution is 5.08. The molecule has 0 amide bonds. The van der Waals surface area contributed by atoms with E-state index in [1.54, 1.807) is 6.20 Å². The molecule has 80 valence electrons. The molecule has 0 radical (unpaired) electrons. The average molecular weight is 202 g/mol. The van der Waals surface area contributed by atoms with E-state index in [-0.39, 0.29) is 0 Å². The predicted molar refractivity (Wildman–Crippen MR) is 63.5 cm³/mol. The number of hydrogen-bond donors (Lipinski definition) is 1. The van der Waals surface area contributed by atoms with Crippen molar-refractivity contribution in [1.29, 1.82) is 0 Å². The summed E-state index contributed by atoms with van der Waals surface area (Å²) in [5.41, 5.74) is 1.29. The molecule has 0 fully saturated rings. The number of rotatable bonds is 7. The van der Waals surface area contributed by atoms with E-state index in [4.69, 9.17) is 6.42 Å². The number of nitrogens with zero attached hydrogens (tertiary/aromatic N) is 1. The minimum Gasteiger partial charge on any atom is -0.316 e. The highest BCUT2D eigenvalue weighted by atomic mass is 14.8. The van der Waals surface area contributed by atoms with E-state index >= 15 is 0 Å². The maximum atomic E-state index is 5.17. The van der Waals surface area contributed by atoms with Gasteiger partial charge in [0.15, 0.2) is 0 Å². The van der Waals surface area contributed by atoms with E-state index in [1.807, 2.05) is 12.3 Å². The van der Waals surface area contributed by atoms with Crippen molar-refractivity contribution in [2.75, 3.05) is 13.1 Å². The molecule has 1 N–H and O–H groups in total. The number of hydrogen-bond acceptors (Lipinski definition) is 2. The number of unbranched alkanes of at least 4 members (excludes halogenated alkanes) is 2. The van der Waals surface area contributed by atoms with Crippen LogP contribution in [0.25, 0.3) is 0 Å². The summed E-state index contributed by atoms with van der Waals surface area (Å²) in [6, 6.07) is 4.08. The Hall–Kier alpha value is -1.33. The molecule has 0 aliphatic rings. The Morgan fingerprint density at radius 2 is 2.27 bits per heavy atom. The molecule has 1 rings (SSSR count). The SMILES string of the molecule is C#CCCCCNCCc1cccnc1. The van der Waals surface area contributed by atoms with Gasteiger partial charge in [0.05, 0.1) is 0 Å². The normalized spacial score (nSPS) is 9.80. The molecule has 0 atom stereocenters. The molecule has 0 spiro atoms. The fraction of sp³-hybridized carbons (Fsp3) is 0.462. The summed E-state index contributed by atoms with van der Waals surface area (Å²) in [6.07, 6.45) is 13.1. The molecule has 0 saturated heterocycles. The van der Waals surface area contributed by atoms with Gasteiger partial charge < -0.3 is 5.32 Å². The van der Waals surface area contributed by atoms with Crippen molar-refractivity contribution in [3.05, 3.63) is 30.1 Å². The van der Waals surface area contributed by atoms with E-state index < -0.39 is 0 Å². The number of pyridine rings is 1. The first kappa shape index (κ1) is 11.7. The van der Waals surface area contributed by atoms with Crippen LogP contribution < -0.4 is 5.32 Å². The zero-order valence-corrected chi connectivity index (χ0v) is 9.08. The van der Waals surface area contributed by atoms with Crippen LogP contribution in [0, 0.1) is 12.3 Å². The smallest absolute Gasteiger partial charge is 0.0300 e. The van der Waals surface area contributed by atoms with Crippen LogP contribution in [-0.2, 0) is 6.42 Å². The molecule has 0 bridgehead atoms. The van der Waals surface area contributed by atoms with Crippen LogP contribution in [0.5, 0.6) is 0 Å². The van der Waals surface area contributed by atoms with E-state index in [1.165, 1.54) is 5.56 Å². The molecule has 0 aliphatic carbocycles. The lowest BCUT2D eigenvalue weighted by molar-refractivity contribution is 0.629. The van der Waals surface area contributed by atoms with Gasteiger partial charge in [-0.1, -0.05) is 6.07 Å². The van der Waals surface area contributed by atoms with Crippen LogP contribution >= 0.6 is 0 Å². The topological polar surface area (TPSA) is 24.9 Å². The molecular weight excluding hydrogens is 184 g/mol. The summed E-state index contributed by atoms with van der Waals surface area (Å²) in [6.45, 7) is 2.07. The molecule has 0 aromatic carbocycles. The maximum absolute atomic E-state index is 5.17. The molecule has 0 unspecified atom stereocenters. The van der Waals surface area contributed by atoms with Gasteiger partial charge in [0.2, 0.25) is 0 Å². The first-order chi connectivity index (χ1) is 7.43. The van der Waals surface area contributed by atoms with E-state index in [9.17, 15) is 0 Å². The lowest BCUT2D eigenvalue weighted by Gasteiger charge is -2.03. The van der Waals surface area contributed by atoms with Crippen LogP contribution in [0.2, 0.25) is 0 Å². The van der Waals surface area contributed by atoms with E-state index in [0.29, 0.717) is 0 Å². The van der Waals surface area contributed by atoms with Gasteiger partial charge in [0, 0.05) is 18.8 Å². The van der Waals surface area contributed by atoms with Crippen molar-refractivity contribution in [2.24, 2.45) is 0 Å². The third kappa shape index (κ3) is 5.87. The minimum absolute atomic E-state index is 0.893. The fourth-order valence-electron chi connectivity index (χ4n) is 1.38. The quantitative estimate of drug-likeness (QED) is 0.540. The van der Waals surface area contributed by atoms with Gasteiger partial charge in [-0.05, 0) is 44.0 Å². The number of terminal acetylenes is 1. The van der Waals surface area contributed by atoms with Gasteiger partial charge in [-0.3, -0.25) is 4.98 Å². The van der Waals surface area contributed by atoms with Crippen molar-refractivity contribution in [3.63, 3.8) is 0 Å².